The molecule has 0 saturated heterocycles. The predicted octanol–water partition coefficient (Wildman–Crippen LogP) is 3.70. The summed E-state index contributed by atoms with van der Waals surface area (Å²) in [6.07, 6.45) is 0. The molecule has 0 aliphatic heterocycles. The molecular formula is C13H12N4S. The number of nitrogens with one attached hydrogen (secondary N) is 3. The number of thiophene rings is 1. The number of fused-ring (bicyclic) bond motifs is 1. The van der Waals surface area contributed by atoms with Crippen molar-refractivity contribution in [1.29, 1.82) is 5.41 Å². The predicted molar refractivity (Wildman–Crippen MR) is 76.4 cm³/mol. The third-order valence-electron chi connectivity index (χ3n) is 2.57. The molecule has 0 fully saturated rings. The van der Waals surface area contributed by atoms with E-state index in [1.54, 1.807) is 18.3 Å². The van der Waals surface area contributed by atoms with Gasteiger partial charge >= 0.3 is 0 Å². The molecule has 0 unspecified atom stereocenters. The van der Waals surface area contributed by atoms with Crippen LogP contribution in [0.5, 0.6) is 0 Å². The van der Waals surface area contributed by atoms with Crippen LogP contribution < -0.4 is 5.32 Å². The van der Waals surface area contributed by atoms with Crippen LogP contribution in [-0.2, 0) is 0 Å². The SMILES string of the molecule is CC(=N)Nc1ccc2nc(-c3cccs3)[nH]c2c1. The molecule has 2 aromatic heterocycles. The van der Waals surface area contributed by atoms with Gasteiger partial charge in [0.2, 0.25) is 0 Å². The summed E-state index contributed by atoms with van der Waals surface area (Å²) in [6.45, 7) is 1.72. The van der Waals surface area contributed by atoms with Crippen molar-refractivity contribution in [1.82, 2.24) is 9.97 Å². The molecule has 3 N–H and O–H groups in total. The number of rotatable bonds is 2. The van der Waals surface area contributed by atoms with E-state index in [4.69, 9.17) is 5.41 Å². The number of benzene rings is 1. The van der Waals surface area contributed by atoms with Crippen LogP contribution in [0.3, 0.4) is 0 Å². The highest BCUT2D eigenvalue weighted by atomic mass is 32.1. The molecule has 0 atom stereocenters. The summed E-state index contributed by atoms with van der Waals surface area (Å²) in [4.78, 5) is 8.98. The third-order valence-corrected chi connectivity index (χ3v) is 3.44. The molecule has 0 spiro atoms. The molecule has 0 aliphatic rings. The van der Waals surface area contributed by atoms with Gasteiger partial charge in [-0.25, -0.2) is 4.98 Å². The lowest BCUT2D eigenvalue weighted by molar-refractivity contribution is 1.36. The van der Waals surface area contributed by atoms with E-state index in [1.165, 1.54) is 0 Å². The maximum Gasteiger partial charge on any atom is 0.148 e. The van der Waals surface area contributed by atoms with Gasteiger partial charge in [0.1, 0.15) is 5.82 Å². The number of aromatic nitrogens is 2. The molecule has 5 heteroatoms. The van der Waals surface area contributed by atoms with Crippen LogP contribution in [0.1, 0.15) is 6.92 Å². The molecule has 0 amide bonds. The van der Waals surface area contributed by atoms with Crippen LogP contribution in [-0.4, -0.2) is 15.8 Å². The van der Waals surface area contributed by atoms with Crippen molar-refractivity contribution >= 4 is 33.9 Å². The van der Waals surface area contributed by atoms with E-state index in [1.807, 2.05) is 35.7 Å². The largest absolute Gasteiger partial charge is 0.344 e. The Kier molecular flexibility index (Phi) is 2.60. The van der Waals surface area contributed by atoms with Crippen molar-refractivity contribution in [3.63, 3.8) is 0 Å². The van der Waals surface area contributed by atoms with E-state index in [-0.39, 0.29) is 0 Å². The average molecular weight is 256 g/mol. The van der Waals surface area contributed by atoms with Crippen LogP contribution in [0.2, 0.25) is 0 Å². The van der Waals surface area contributed by atoms with Gasteiger partial charge < -0.3 is 10.3 Å². The Morgan fingerprint density at radius 2 is 2.28 bits per heavy atom. The molecule has 1 aromatic carbocycles. The summed E-state index contributed by atoms with van der Waals surface area (Å²) in [5.74, 6) is 1.32. The van der Waals surface area contributed by atoms with Gasteiger partial charge in [-0.05, 0) is 36.6 Å². The number of anilines is 1. The van der Waals surface area contributed by atoms with E-state index in [0.717, 1.165) is 27.4 Å². The van der Waals surface area contributed by atoms with Gasteiger partial charge in [0.15, 0.2) is 0 Å². The normalized spacial score (nSPS) is 10.7. The monoisotopic (exact) mass is 256 g/mol. The lowest BCUT2D eigenvalue weighted by Crippen LogP contribution is -2.04. The van der Waals surface area contributed by atoms with Gasteiger partial charge in [-0.3, -0.25) is 5.41 Å². The van der Waals surface area contributed by atoms with Crippen molar-refractivity contribution < 1.29 is 0 Å². The molecule has 0 radical (unpaired) electrons. The molecular weight excluding hydrogens is 244 g/mol. The van der Waals surface area contributed by atoms with Crippen molar-refractivity contribution in [2.75, 3.05) is 5.32 Å². The standard InChI is InChI=1S/C13H12N4S/c1-8(14)15-9-4-5-10-11(7-9)17-13(16-10)12-3-2-6-18-12/h2-7H,1H3,(H2,14,15)(H,16,17). The smallest absolute Gasteiger partial charge is 0.148 e. The van der Waals surface area contributed by atoms with Gasteiger partial charge in [0.05, 0.1) is 21.7 Å². The van der Waals surface area contributed by atoms with Crippen LogP contribution in [0.15, 0.2) is 35.7 Å². The van der Waals surface area contributed by atoms with Gasteiger partial charge in [-0.1, -0.05) is 6.07 Å². The minimum absolute atomic E-state index is 0.423. The summed E-state index contributed by atoms with van der Waals surface area (Å²) in [7, 11) is 0. The Morgan fingerprint density at radius 1 is 1.39 bits per heavy atom. The maximum absolute atomic E-state index is 7.42. The molecule has 2 heterocycles. The molecule has 0 aliphatic carbocycles. The number of hydrogen-bond acceptors (Lipinski definition) is 3. The van der Waals surface area contributed by atoms with Crippen LogP contribution >= 0.6 is 11.3 Å². The zero-order chi connectivity index (χ0) is 12.5. The first-order valence-electron chi connectivity index (χ1n) is 5.58. The lowest BCUT2D eigenvalue weighted by atomic mass is 10.3. The summed E-state index contributed by atoms with van der Waals surface area (Å²) in [6, 6.07) is 9.91. The minimum Gasteiger partial charge on any atom is -0.344 e. The number of hydrogen-bond donors (Lipinski definition) is 3. The van der Waals surface area contributed by atoms with E-state index in [0.29, 0.717) is 5.84 Å². The maximum atomic E-state index is 7.42. The molecule has 3 rings (SSSR count). The molecule has 0 bridgehead atoms. The Bertz CT molecular complexity index is 697. The second kappa shape index (κ2) is 4.27. The Hall–Kier alpha value is -2.14. The Labute approximate surface area is 108 Å². The van der Waals surface area contributed by atoms with Crippen LogP contribution in [0, 0.1) is 5.41 Å². The Balaban J connectivity index is 2.04. The summed E-state index contributed by atoms with van der Waals surface area (Å²) >= 11 is 1.66. The van der Waals surface area contributed by atoms with Crippen molar-refractivity contribution in [3.8, 4) is 10.7 Å². The summed E-state index contributed by atoms with van der Waals surface area (Å²) < 4.78 is 0. The lowest BCUT2D eigenvalue weighted by Gasteiger charge is -2.02. The first-order chi connectivity index (χ1) is 8.72. The number of H-pyrrole nitrogens is 1. The number of nitrogens with zero attached hydrogens (tertiary/aromatic N) is 1. The van der Waals surface area contributed by atoms with Crippen LogP contribution in [0.25, 0.3) is 21.7 Å². The highest BCUT2D eigenvalue weighted by Crippen LogP contribution is 2.25. The number of aromatic amines is 1. The second-order valence-corrected chi connectivity index (χ2v) is 4.99. The first-order valence-corrected chi connectivity index (χ1v) is 6.46. The second-order valence-electron chi connectivity index (χ2n) is 4.04. The van der Waals surface area contributed by atoms with Crippen molar-refractivity contribution in [2.45, 2.75) is 6.92 Å². The first kappa shape index (κ1) is 11.0. The fraction of sp³-hybridized carbons (Fsp3) is 0.0769. The fourth-order valence-corrected chi connectivity index (χ4v) is 2.50. The molecule has 3 aromatic rings. The average Bonchev–Trinajstić information content (AvgIpc) is 2.95. The number of imidazole rings is 1. The quantitative estimate of drug-likeness (QED) is 0.483. The van der Waals surface area contributed by atoms with E-state index >= 15 is 0 Å². The zero-order valence-corrected chi connectivity index (χ0v) is 10.6. The molecule has 18 heavy (non-hydrogen) atoms. The zero-order valence-electron chi connectivity index (χ0n) is 9.82. The van der Waals surface area contributed by atoms with Crippen LogP contribution in [0.4, 0.5) is 5.69 Å². The third kappa shape index (κ3) is 2.00. The fourth-order valence-electron chi connectivity index (χ4n) is 1.83. The molecule has 0 saturated carbocycles. The minimum atomic E-state index is 0.423. The molecule has 90 valence electrons. The highest BCUT2D eigenvalue weighted by Gasteiger charge is 2.06. The topological polar surface area (TPSA) is 64.6 Å². The summed E-state index contributed by atoms with van der Waals surface area (Å²) in [5, 5.41) is 12.4. The van der Waals surface area contributed by atoms with Gasteiger partial charge in [0.25, 0.3) is 0 Å². The van der Waals surface area contributed by atoms with Gasteiger partial charge in [-0.15, -0.1) is 11.3 Å². The molecule has 4 nitrogen and oxygen atoms in total. The highest BCUT2D eigenvalue weighted by molar-refractivity contribution is 7.13. The van der Waals surface area contributed by atoms with E-state index in [9.17, 15) is 0 Å². The van der Waals surface area contributed by atoms with Gasteiger partial charge in [-0.2, -0.15) is 0 Å². The Morgan fingerprint density at radius 3 is 3.00 bits per heavy atom. The summed E-state index contributed by atoms with van der Waals surface area (Å²) in [5.41, 5.74) is 2.81. The van der Waals surface area contributed by atoms with E-state index in [2.05, 4.69) is 15.3 Å². The van der Waals surface area contributed by atoms with Crippen molar-refractivity contribution in [2.24, 2.45) is 0 Å². The van der Waals surface area contributed by atoms with E-state index < -0.39 is 0 Å². The van der Waals surface area contributed by atoms with Crippen molar-refractivity contribution in [3.05, 3.63) is 35.7 Å². The van der Waals surface area contributed by atoms with Gasteiger partial charge in [0, 0.05) is 5.69 Å². The number of amidine groups is 1.